The zero-order valence-corrected chi connectivity index (χ0v) is 13.8. The van der Waals surface area contributed by atoms with Gasteiger partial charge in [0.15, 0.2) is 5.78 Å². The van der Waals surface area contributed by atoms with Crippen LogP contribution in [0.25, 0.3) is 5.76 Å². The first-order valence-electron chi connectivity index (χ1n) is 7.97. The van der Waals surface area contributed by atoms with Crippen LogP contribution in [0.15, 0.2) is 23.8 Å². The van der Waals surface area contributed by atoms with Crippen LogP contribution in [0.4, 0.5) is 0 Å². The number of aliphatic hydroxyl groups is 1. The molecule has 6 nitrogen and oxygen atoms in total. The van der Waals surface area contributed by atoms with E-state index >= 15 is 0 Å². The van der Waals surface area contributed by atoms with E-state index in [1.807, 2.05) is 0 Å². The number of rotatable bonds is 3. The first kappa shape index (κ1) is 16.5. The summed E-state index contributed by atoms with van der Waals surface area (Å²) in [5.74, 6) is -1.15. The van der Waals surface area contributed by atoms with Gasteiger partial charge in [-0.2, -0.15) is 0 Å². The smallest absolute Gasteiger partial charge is 0.345 e. The highest BCUT2D eigenvalue weighted by molar-refractivity contribution is 6.27. The number of aliphatic hydroxyl groups excluding tert-OH is 1. The van der Waals surface area contributed by atoms with Crippen LogP contribution in [-0.4, -0.2) is 43.8 Å². The van der Waals surface area contributed by atoms with Gasteiger partial charge < -0.3 is 19.3 Å². The summed E-state index contributed by atoms with van der Waals surface area (Å²) in [7, 11) is 1.49. The van der Waals surface area contributed by atoms with E-state index in [9.17, 15) is 14.7 Å². The Morgan fingerprint density at radius 3 is 2.67 bits per heavy atom. The van der Waals surface area contributed by atoms with Gasteiger partial charge in [0, 0.05) is 13.2 Å². The molecule has 1 heterocycles. The van der Waals surface area contributed by atoms with Crippen molar-refractivity contribution in [1.82, 2.24) is 0 Å². The summed E-state index contributed by atoms with van der Waals surface area (Å²) in [4.78, 5) is 25.5. The Morgan fingerprint density at radius 1 is 1.33 bits per heavy atom. The molecule has 1 fully saturated rings. The van der Waals surface area contributed by atoms with Crippen molar-refractivity contribution in [2.75, 3.05) is 26.9 Å². The predicted octanol–water partition coefficient (Wildman–Crippen LogP) is 2.16. The fourth-order valence-corrected chi connectivity index (χ4v) is 3.55. The second-order valence-corrected chi connectivity index (χ2v) is 5.85. The molecule has 0 bridgehead atoms. The molecule has 6 heteroatoms. The third kappa shape index (κ3) is 2.29. The summed E-state index contributed by atoms with van der Waals surface area (Å²) >= 11 is 0. The van der Waals surface area contributed by atoms with E-state index in [0.29, 0.717) is 42.9 Å². The summed E-state index contributed by atoms with van der Waals surface area (Å²) in [5, 5.41) is 10.7. The molecule has 1 saturated heterocycles. The highest BCUT2D eigenvalue weighted by atomic mass is 16.5. The normalized spacial score (nSPS) is 19.2. The third-order valence-electron chi connectivity index (χ3n) is 4.72. The second-order valence-electron chi connectivity index (χ2n) is 5.85. The van der Waals surface area contributed by atoms with Gasteiger partial charge in [-0.3, -0.25) is 4.79 Å². The van der Waals surface area contributed by atoms with Gasteiger partial charge in [0.05, 0.1) is 24.7 Å². The van der Waals surface area contributed by atoms with Gasteiger partial charge in [-0.25, -0.2) is 4.79 Å². The van der Waals surface area contributed by atoms with Crippen molar-refractivity contribution < 1.29 is 28.9 Å². The minimum absolute atomic E-state index is 0.123. The van der Waals surface area contributed by atoms with Crippen LogP contribution in [0.3, 0.4) is 0 Å². The minimum Gasteiger partial charge on any atom is -0.506 e. The average molecular weight is 332 g/mol. The molecular weight excluding hydrogens is 312 g/mol. The van der Waals surface area contributed by atoms with Crippen molar-refractivity contribution in [2.24, 2.45) is 0 Å². The predicted molar refractivity (Wildman–Crippen MR) is 85.9 cm³/mol. The van der Waals surface area contributed by atoms with Crippen molar-refractivity contribution in [3.63, 3.8) is 0 Å². The Hall–Kier alpha value is -2.34. The highest BCUT2D eigenvalue weighted by Crippen LogP contribution is 2.48. The Balaban J connectivity index is 2.28. The average Bonchev–Trinajstić information content (AvgIpc) is 2.60. The fourth-order valence-electron chi connectivity index (χ4n) is 3.55. The van der Waals surface area contributed by atoms with E-state index in [2.05, 4.69) is 0 Å². The Bertz CT molecular complexity index is 712. The lowest BCUT2D eigenvalue weighted by Crippen LogP contribution is -2.46. The molecule has 1 aliphatic heterocycles. The van der Waals surface area contributed by atoms with Crippen LogP contribution in [0.5, 0.6) is 5.75 Å². The van der Waals surface area contributed by atoms with Crippen LogP contribution in [0.2, 0.25) is 0 Å². The van der Waals surface area contributed by atoms with Crippen molar-refractivity contribution in [2.45, 2.75) is 25.2 Å². The molecule has 0 aromatic heterocycles. The summed E-state index contributed by atoms with van der Waals surface area (Å²) in [6, 6.07) is 5.28. The molecule has 0 unspecified atom stereocenters. The summed E-state index contributed by atoms with van der Waals surface area (Å²) in [6.07, 6.45) is 0.893. The number of carbonyl (C=O) groups is 2. The lowest BCUT2D eigenvalue weighted by Gasteiger charge is -2.40. The van der Waals surface area contributed by atoms with E-state index in [1.165, 1.54) is 7.11 Å². The van der Waals surface area contributed by atoms with Gasteiger partial charge in [0.25, 0.3) is 0 Å². The molecule has 1 N–H and O–H groups in total. The van der Waals surface area contributed by atoms with Crippen molar-refractivity contribution in [1.29, 1.82) is 0 Å². The maximum Gasteiger partial charge on any atom is 0.345 e. The molecule has 1 spiro atoms. The van der Waals surface area contributed by atoms with Gasteiger partial charge in [-0.05, 0) is 31.4 Å². The van der Waals surface area contributed by atoms with E-state index < -0.39 is 17.2 Å². The molecule has 0 saturated carbocycles. The first-order valence-corrected chi connectivity index (χ1v) is 7.97. The molecule has 0 amide bonds. The Kier molecular flexibility index (Phi) is 4.32. The standard InChI is InChI=1S/C18H20O6/c1-3-24-17(21)14-15(19)13-11(5-4-6-12(13)22-2)18(16(14)20)7-9-23-10-8-18/h4-6,19H,3,7-10H2,1-2H3. The number of esters is 1. The first-order chi connectivity index (χ1) is 11.6. The van der Waals surface area contributed by atoms with Gasteiger partial charge in [-0.15, -0.1) is 0 Å². The molecule has 1 aromatic carbocycles. The zero-order valence-electron chi connectivity index (χ0n) is 13.8. The van der Waals surface area contributed by atoms with Crippen molar-refractivity contribution >= 4 is 17.5 Å². The maximum absolute atomic E-state index is 13.2. The summed E-state index contributed by atoms with van der Waals surface area (Å²) < 4.78 is 15.8. The van der Waals surface area contributed by atoms with E-state index in [4.69, 9.17) is 14.2 Å². The number of methoxy groups -OCH3 is 1. The fraction of sp³-hybridized carbons (Fsp3) is 0.444. The SMILES string of the molecule is CCOC(=O)C1=C(O)c2c(OC)cccc2C2(CCOCC2)C1=O. The molecule has 128 valence electrons. The number of hydrogen-bond acceptors (Lipinski definition) is 6. The molecule has 3 rings (SSSR count). The third-order valence-corrected chi connectivity index (χ3v) is 4.72. The Morgan fingerprint density at radius 2 is 2.04 bits per heavy atom. The number of fused-ring (bicyclic) bond motifs is 2. The van der Waals surface area contributed by atoms with Crippen molar-refractivity contribution in [3.8, 4) is 5.75 Å². The number of ether oxygens (including phenoxy) is 3. The van der Waals surface area contributed by atoms with Gasteiger partial charge in [-0.1, -0.05) is 12.1 Å². The number of ketones is 1. The second kappa shape index (κ2) is 6.28. The minimum atomic E-state index is -0.892. The molecule has 0 atom stereocenters. The number of benzene rings is 1. The largest absolute Gasteiger partial charge is 0.506 e. The quantitative estimate of drug-likeness (QED) is 0.675. The highest BCUT2D eigenvalue weighted by Gasteiger charge is 2.51. The van der Waals surface area contributed by atoms with Crippen LogP contribution >= 0.6 is 0 Å². The molecule has 1 aliphatic carbocycles. The van der Waals surface area contributed by atoms with E-state index in [0.717, 1.165) is 0 Å². The van der Waals surface area contributed by atoms with Gasteiger partial charge in [0.2, 0.25) is 0 Å². The summed E-state index contributed by atoms with van der Waals surface area (Å²) in [5.41, 5.74) is -0.114. The zero-order chi connectivity index (χ0) is 17.3. The number of carbonyl (C=O) groups excluding carboxylic acids is 2. The topological polar surface area (TPSA) is 82.1 Å². The van der Waals surface area contributed by atoms with E-state index in [1.54, 1.807) is 25.1 Å². The van der Waals surface area contributed by atoms with E-state index in [-0.39, 0.29) is 17.9 Å². The van der Waals surface area contributed by atoms with Crippen LogP contribution in [0, 0.1) is 0 Å². The summed E-state index contributed by atoms with van der Waals surface area (Å²) in [6.45, 7) is 2.61. The van der Waals surface area contributed by atoms with Crippen LogP contribution in [-0.2, 0) is 24.5 Å². The number of hydrogen-bond donors (Lipinski definition) is 1. The van der Waals surface area contributed by atoms with Gasteiger partial charge >= 0.3 is 5.97 Å². The maximum atomic E-state index is 13.2. The van der Waals surface area contributed by atoms with Gasteiger partial charge in [0.1, 0.15) is 17.1 Å². The lowest BCUT2D eigenvalue weighted by atomic mass is 9.64. The molecular formula is C18H20O6. The van der Waals surface area contributed by atoms with Crippen LogP contribution < -0.4 is 4.74 Å². The monoisotopic (exact) mass is 332 g/mol. The molecule has 2 aliphatic rings. The van der Waals surface area contributed by atoms with Crippen LogP contribution in [0.1, 0.15) is 30.9 Å². The van der Waals surface area contributed by atoms with Crippen molar-refractivity contribution in [3.05, 3.63) is 34.9 Å². The lowest BCUT2D eigenvalue weighted by molar-refractivity contribution is -0.141. The molecule has 24 heavy (non-hydrogen) atoms. The Labute approximate surface area is 140 Å². The number of Topliss-reactive ketones (excluding diaryl/α,β-unsaturated/α-hetero) is 1. The molecule has 0 radical (unpaired) electrons. The molecule has 1 aromatic rings.